The van der Waals surface area contributed by atoms with E-state index in [0.29, 0.717) is 6.42 Å². The van der Waals surface area contributed by atoms with E-state index in [1.165, 1.54) is 5.01 Å². The van der Waals surface area contributed by atoms with Crippen LogP contribution in [0.4, 0.5) is 0 Å². The molecular weight excluding hydrogens is 344 g/mol. The number of carbonyl (C=O) groups is 1. The van der Waals surface area contributed by atoms with E-state index in [1.54, 1.807) is 7.05 Å². The molecule has 0 aliphatic carbocycles. The average molecular weight is 366 g/mol. The standard InChI is InChI=1S/C25H22N2O/c1-27-24(28)25(19-21-13-7-3-8-14-21,18-17-20-11-5-2-6-12-20)23(26-27)22-15-9-4-10-16-22/h2-18H,19H2,1H3/b18-17+. The fourth-order valence-electron chi connectivity index (χ4n) is 3.67. The van der Waals surface area contributed by atoms with Gasteiger partial charge in [0, 0.05) is 7.05 Å². The van der Waals surface area contributed by atoms with Crippen molar-refractivity contribution < 1.29 is 4.79 Å². The molecule has 0 saturated carbocycles. The van der Waals surface area contributed by atoms with Crippen LogP contribution in [0.3, 0.4) is 0 Å². The molecule has 1 aliphatic rings. The summed E-state index contributed by atoms with van der Waals surface area (Å²) in [6, 6.07) is 30.2. The molecule has 0 aromatic heterocycles. The molecule has 0 fully saturated rings. The van der Waals surface area contributed by atoms with Gasteiger partial charge in [-0.1, -0.05) is 103 Å². The van der Waals surface area contributed by atoms with Gasteiger partial charge in [0.1, 0.15) is 5.41 Å². The average Bonchev–Trinajstić information content (AvgIpc) is 3.00. The summed E-state index contributed by atoms with van der Waals surface area (Å²) in [5, 5.41) is 6.12. The van der Waals surface area contributed by atoms with Gasteiger partial charge in [0.25, 0.3) is 5.91 Å². The van der Waals surface area contributed by atoms with E-state index in [1.807, 2.05) is 91.0 Å². The Morgan fingerprint density at radius 3 is 2.07 bits per heavy atom. The molecule has 1 amide bonds. The lowest BCUT2D eigenvalue weighted by Crippen LogP contribution is -2.39. The third-order valence-electron chi connectivity index (χ3n) is 5.08. The largest absolute Gasteiger partial charge is 0.271 e. The van der Waals surface area contributed by atoms with Crippen molar-refractivity contribution in [1.29, 1.82) is 0 Å². The lowest BCUT2D eigenvalue weighted by molar-refractivity contribution is -0.133. The topological polar surface area (TPSA) is 32.7 Å². The second-order valence-electron chi connectivity index (χ2n) is 7.02. The molecule has 0 radical (unpaired) electrons. The Morgan fingerprint density at radius 2 is 1.43 bits per heavy atom. The summed E-state index contributed by atoms with van der Waals surface area (Å²) < 4.78 is 0. The predicted molar refractivity (Wildman–Crippen MR) is 114 cm³/mol. The van der Waals surface area contributed by atoms with Crippen molar-refractivity contribution in [2.75, 3.05) is 7.05 Å². The van der Waals surface area contributed by atoms with Crippen LogP contribution in [0.5, 0.6) is 0 Å². The Kier molecular flexibility index (Phi) is 4.90. The van der Waals surface area contributed by atoms with Crippen LogP contribution in [-0.2, 0) is 11.2 Å². The number of carbonyl (C=O) groups excluding carboxylic acids is 1. The Balaban J connectivity index is 1.84. The van der Waals surface area contributed by atoms with Gasteiger partial charge < -0.3 is 0 Å². The Bertz CT molecular complexity index is 1010. The van der Waals surface area contributed by atoms with Gasteiger partial charge >= 0.3 is 0 Å². The number of amides is 1. The van der Waals surface area contributed by atoms with Crippen molar-refractivity contribution >= 4 is 17.7 Å². The van der Waals surface area contributed by atoms with Crippen LogP contribution in [0.1, 0.15) is 16.7 Å². The maximum atomic E-state index is 13.4. The van der Waals surface area contributed by atoms with Gasteiger partial charge in [-0.15, -0.1) is 0 Å². The number of nitrogens with zero attached hydrogens (tertiary/aromatic N) is 2. The quantitative estimate of drug-likeness (QED) is 0.638. The highest BCUT2D eigenvalue weighted by Gasteiger charge is 2.48. The van der Waals surface area contributed by atoms with E-state index in [9.17, 15) is 4.79 Å². The summed E-state index contributed by atoms with van der Waals surface area (Å²) in [7, 11) is 1.73. The molecular formula is C25H22N2O. The molecule has 1 aliphatic heterocycles. The normalized spacial score (nSPS) is 19.2. The number of rotatable bonds is 5. The first-order chi connectivity index (χ1) is 13.7. The summed E-state index contributed by atoms with van der Waals surface area (Å²) in [4.78, 5) is 13.4. The Morgan fingerprint density at radius 1 is 0.857 bits per heavy atom. The lowest BCUT2D eigenvalue weighted by Gasteiger charge is -2.26. The summed E-state index contributed by atoms with van der Waals surface area (Å²) in [5.41, 5.74) is 3.08. The molecule has 1 atom stereocenters. The van der Waals surface area contributed by atoms with Gasteiger partial charge in [0.05, 0.1) is 5.71 Å². The van der Waals surface area contributed by atoms with E-state index < -0.39 is 5.41 Å². The second kappa shape index (κ2) is 7.65. The van der Waals surface area contributed by atoms with E-state index >= 15 is 0 Å². The van der Waals surface area contributed by atoms with Crippen molar-refractivity contribution in [3.8, 4) is 0 Å². The molecule has 28 heavy (non-hydrogen) atoms. The van der Waals surface area contributed by atoms with Crippen molar-refractivity contribution in [2.24, 2.45) is 10.5 Å². The molecule has 3 aromatic rings. The van der Waals surface area contributed by atoms with Crippen LogP contribution in [0.25, 0.3) is 6.08 Å². The van der Waals surface area contributed by atoms with Crippen molar-refractivity contribution in [2.45, 2.75) is 6.42 Å². The fraction of sp³-hybridized carbons (Fsp3) is 0.120. The van der Waals surface area contributed by atoms with Crippen LogP contribution in [0, 0.1) is 5.41 Å². The second-order valence-corrected chi connectivity index (χ2v) is 7.02. The maximum Gasteiger partial charge on any atom is 0.258 e. The predicted octanol–water partition coefficient (Wildman–Crippen LogP) is 4.81. The van der Waals surface area contributed by atoms with Crippen LogP contribution in [-0.4, -0.2) is 23.7 Å². The number of hydrogen-bond donors (Lipinski definition) is 0. The third-order valence-corrected chi connectivity index (χ3v) is 5.08. The SMILES string of the molecule is CN1N=C(c2ccccc2)C(/C=C/c2ccccc2)(Cc2ccccc2)C1=O. The van der Waals surface area contributed by atoms with Crippen LogP contribution < -0.4 is 0 Å². The van der Waals surface area contributed by atoms with Gasteiger partial charge in [0.2, 0.25) is 0 Å². The van der Waals surface area contributed by atoms with Crippen LogP contribution >= 0.6 is 0 Å². The summed E-state index contributed by atoms with van der Waals surface area (Å²) in [5.74, 6) is -0.0117. The zero-order valence-corrected chi connectivity index (χ0v) is 15.8. The highest BCUT2D eigenvalue weighted by molar-refractivity contribution is 6.21. The van der Waals surface area contributed by atoms with E-state index in [2.05, 4.69) is 17.2 Å². The molecule has 0 spiro atoms. The van der Waals surface area contributed by atoms with Crippen molar-refractivity contribution in [3.05, 3.63) is 114 Å². The number of hydrogen-bond acceptors (Lipinski definition) is 2. The van der Waals surface area contributed by atoms with Crippen molar-refractivity contribution in [1.82, 2.24) is 5.01 Å². The van der Waals surface area contributed by atoms with Gasteiger partial charge in [-0.2, -0.15) is 5.10 Å². The van der Waals surface area contributed by atoms with E-state index in [4.69, 9.17) is 0 Å². The molecule has 3 nitrogen and oxygen atoms in total. The molecule has 0 saturated heterocycles. The van der Waals surface area contributed by atoms with Crippen LogP contribution in [0.15, 0.2) is 102 Å². The van der Waals surface area contributed by atoms with Crippen LogP contribution in [0.2, 0.25) is 0 Å². The van der Waals surface area contributed by atoms with Gasteiger partial charge in [0.15, 0.2) is 0 Å². The van der Waals surface area contributed by atoms with Gasteiger partial charge in [-0.25, -0.2) is 5.01 Å². The maximum absolute atomic E-state index is 13.4. The monoisotopic (exact) mass is 366 g/mol. The first kappa shape index (κ1) is 17.9. The first-order valence-corrected chi connectivity index (χ1v) is 9.40. The van der Waals surface area contributed by atoms with E-state index in [-0.39, 0.29) is 5.91 Å². The Hall–Kier alpha value is -3.46. The minimum atomic E-state index is -0.840. The minimum Gasteiger partial charge on any atom is -0.271 e. The molecule has 3 aromatic carbocycles. The molecule has 138 valence electrons. The molecule has 3 heteroatoms. The summed E-state index contributed by atoms with van der Waals surface area (Å²) in [6.45, 7) is 0. The lowest BCUT2D eigenvalue weighted by atomic mass is 9.74. The molecule has 1 heterocycles. The van der Waals surface area contributed by atoms with Gasteiger partial charge in [-0.05, 0) is 23.1 Å². The number of hydrazone groups is 1. The summed E-state index contributed by atoms with van der Waals surface area (Å²) in [6.07, 6.45) is 4.61. The number of benzene rings is 3. The highest BCUT2D eigenvalue weighted by Crippen LogP contribution is 2.37. The zero-order chi connectivity index (χ0) is 19.4. The molecule has 1 unspecified atom stereocenters. The van der Waals surface area contributed by atoms with Gasteiger partial charge in [-0.3, -0.25) is 4.79 Å². The first-order valence-electron chi connectivity index (χ1n) is 9.40. The third kappa shape index (κ3) is 3.39. The molecule has 0 N–H and O–H groups in total. The summed E-state index contributed by atoms with van der Waals surface area (Å²) >= 11 is 0. The minimum absolute atomic E-state index is 0.0117. The zero-order valence-electron chi connectivity index (χ0n) is 15.8. The highest BCUT2D eigenvalue weighted by atomic mass is 16.2. The van der Waals surface area contributed by atoms with E-state index in [0.717, 1.165) is 22.4 Å². The molecule has 0 bridgehead atoms. The smallest absolute Gasteiger partial charge is 0.258 e. The molecule has 4 rings (SSSR count). The fourth-order valence-corrected chi connectivity index (χ4v) is 3.67. The Labute approximate surface area is 165 Å². The van der Waals surface area contributed by atoms with Crippen molar-refractivity contribution in [3.63, 3.8) is 0 Å².